The molecule has 3 heteroatoms. The fourth-order valence-electron chi connectivity index (χ4n) is 2.70. The summed E-state index contributed by atoms with van der Waals surface area (Å²) in [6, 6.07) is 0. The predicted molar refractivity (Wildman–Crippen MR) is 70.4 cm³/mol. The summed E-state index contributed by atoms with van der Waals surface area (Å²) in [7, 11) is 0. The van der Waals surface area contributed by atoms with Crippen LogP contribution in [0.5, 0.6) is 0 Å². The maximum Gasteiger partial charge on any atom is 0.169 e. The van der Waals surface area contributed by atoms with Gasteiger partial charge < -0.3 is 9.47 Å². The van der Waals surface area contributed by atoms with E-state index in [0.717, 1.165) is 18.4 Å². The molecule has 2 aliphatic heterocycles. The van der Waals surface area contributed by atoms with E-state index < -0.39 is 5.60 Å². The van der Waals surface area contributed by atoms with Crippen LogP contribution in [0.4, 0.5) is 0 Å². The van der Waals surface area contributed by atoms with E-state index in [1.54, 1.807) is 0 Å². The third-order valence-electron chi connectivity index (χ3n) is 4.22. The van der Waals surface area contributed by atoms with E-state index in [1.807, 2.05) is 26.8 Å². The van der Waals surface area contributed by atoms with Crippen LogP contribution >= 0.6 is 0 Å². The van der Waals surface area contributed by atoms with Crippen molar-refractivity contribution in [3.05, 3.63) is 24.8 Å². The number of hydrogen-bond acceptors (Lipinski definition) is 3. The summed E-state index contributed by atoms with van der Waals surface area (Å²) in [5.41, 5.74) is -0.264. The summed E-state index contributed by atoms with van der Waals surface area (Å²) in [6.45, 7) is 13.4. The molecule has 4 atom stereocenters. The highest BCUT2D eigenvalue weighted by atomic mass is 16.6. The summed E-state index contributed by atoms with van der Waals surface area (Å²) in [6.07, 6.45) is 3.58. The van der Waals surface area contributed by atoms with Gasteiger partial charge in [0.05, 0.1) is 17.8 Å². The highest BCUT2D eigenvalue weighted by Gasteiger charge is 2.54. The maximum absolute atomic E-state index is 12.2. The smallest absolute Gasteiger partial charge is 0.169 e. The minimum Gasteiger partial charge on any atom is -0.365 e. The number of carbonyl (C=O) groups is 1. The minimum absolute atomic E-state index is 0.119. The lowest BCUT2D eigenvalue weighted by molar-refractivity contribution is -0.155. The van der Waals surface area contributed by atoms with Gasteiger partial charge in [-0.2, -0.15) is 0 Å². The first-order valence-corrected chi connectivity index (χ1v) is 6.49. The summed E-state index contributed by atoms with van der Waals surface area (Å²) in [5, 5.41) is 0. The highest BCUT2D eigenvalue weighted by molar-refractivity contribution is 5.90. The third kappa shape index (κ3) is 2.06. The minimum atomic E-state index is -0.829. The van der Waals surface area contributed by atoms with Gasteiger partial charge in [0.1, 0.15) is 0 Å². The van der Waals surface area contributed by atoms with Crippen molar-refractivity contribution in [1.82, 2.24) is 0 Å². The fourth-order valence-corrected chi connectivity index (χ4v) is 2.70. The lowest BCUT2D eigenvalue weighted by atomic mass is 9.91. The van der Waals surface area contributed by atoms with E-state index >= 15 is 0 Å². The molecule has 0 bridgehead atoms. The number of ketones is 1. The van der Waals surface area contributed by atoms with Gasteiger partial charge in [0, 0.05) is 6.42 Å². The first-order valence-electron chi connectivity index (χ1n) is 6.49. The molecule has 2 heterocycles. The van der Waals surface area contributed by atoms with Crippen LogP contribution in [-0.4, -0.2) is 29.2 Å². The Hall–Kier alpha value is -0.930. The molecule has 0 spiro atoms. The monoisotopic (exact) mass is 250 g/mol. The Labute approximate surface area is 109 Å². The van der Waals surface area contributed by atoms with Crippen LogP contribution in [0.3, 0.4) is 0 Å². The summed E-state index contributed by atoms with van der Waals surface area (Å²) in [5.74, 6) is 0.119. The average molecular weight is 250 g/mol. The molecule has 2 rings (SSSR count). The van der Waals surface area contributed by atoms with Gasteiger partial charge in [0.2, 0.25) is 0 Å². The fraction of sp³-hybridized carbons (Fsp3) is 0.667. The van der Waals surface area contributed by atoms with Crippen molar-refractivity contribution in [1.29, 1.82) is 0 Å². The van der Waals surface area contributed by atoms with Gasteiger partial charge in [-0.1, -0.05) is 18.2 Å². The Kier molecular flexibility index (Phi) is 3.24. The SMILES string of the molecule is C=C[C@]1(C)CC[C@@H]([C@]2(C)O[C@H](C(=C)C)CC2=O)O1. The Morgan fingerprint density at radius 1 is 1.44 bits per heavy atom. The van der Waals surface area contributed by atoms with Crippen LogP contribution in [0, 0.1) is 0 Å². The van der Waals surface area contributed by atoms with E-state index in [-0.39, 0.29) is 23.6 Å². The van der Waals surface area contributed by atoms with Crippen molar-refractivity contribution >= 4 is 5.78 Å². The maximum atomic E-state index is 12.2. The first-order chi connectivity index (χ1) is 8.31. The topological polar surface area (TPSA) is 35.5 Å². The Morgan fingerprint density at radius 2 is 2.11 bits per heavy atom. The lowest BCUT2D eigenvalue weighted by Crippen LogP contribution is -2.46. The van der Waals surface area contributed by atoms with Crippen molar-refractivity contribution in [3.63, 3.8) is 0 Å². The third-order valence-corrected chi connectivity index (χ3v) is 4.22. The molecule has 0 aliphatic carbocycles. The molecule has 0 amide bonds. The number of hydrogen-bond donors (Lipinski definition) is 0. The van der Waals surface area contributed by atoms with Gasteiger partial charge in [-0.15, -0.1) is 6.58 Å². The quantitative estimate of drug-likeness (QED) is 0.722. The molecular weight excluding hydrogens is 228 g/mol. The zero-order chi connectivity index (χ0) is 13.6. The molecule has 0 aromatic carbocycles. The molecule has 2 saturated heterocycles. The van der Waals surface area contributed by atoms with Gasteiger partial charge in [-0.25, -0.2) is 0 Å². The summed E-state index contributed by atoms with van der Waals surface area (Å²) in [4.78, 5) is 12.2. The van der Waals surface area contributed by atoms with Crippen molar-refractivity contribution in [3.8, 4) is 0 Å². The van der Waals surface area contributed by atoms with Crippen LogP contribution in [0.15, 0.2) is 24.8 Å². The molecule has 0 saturated carbocycles. The van der Waals surface area contributed by atoms with E-state index in [4.69, 9.17) is 9.47 Å². The van der Waals surface area contributed by atoms with Gasteiger partial charge >= 0.3 is 0 Å². The van der Waals surface area contributed by atoms with Crippen molar-refractivity contribution < 1.29 is 14.3 Å². The lowest BCUT2D eigenvalue weighted by Gasteiger charge is -2.31. The highest BCUT2D eigenvalue weighted by Crippen LogP contribution is 2.42. The second-order valence-corrected chi connectivity index (χ2v) is 5.85. The largest absolute Gasteiger partial charge is 0.365 e. The zero-order valence-corrected chi connectivity index (χ0v) is 11.5. The van der Waals surface area contributed by atoms with Crippen LogP contribution < -0.4 is 0 Å². The van der Waals surface area contributed by atoms with Crippen LogP contribution in [-0.2, 0) is 14.3 Å². The molecule has 2 aliphatic rings. The zero-order valence-electron chi connectivity index (χ0n) is 11.5. The molecule has 3 nitrogen and oxygen atoms in total. The van der Waals surface area contributed by atoms with Crippen LogP contribution in [0.2, 0.25) is 0 Å². The molecule has 100 valence electrons. The molecule has 2 fully saturated rings. The molecule has 0 aromatic heterocycles. The molecule has 18 heavy (non-hydrogen) atoms. The second kappa shape index (κ2) is 4.32. The van der Waals surface area contributed by atoms with E-state index in [0.29, 0.717) is 6.42 Å². The number of ether oxygens (including phenoxy) is 2. The van der Waals surface area contributed by atoms with Crippen molar-refractivity contribution in [2.75, 3.05) is 0 Å². The normalized spacial score (nSPS) is 44.3. The standard InChI is InChI=1S/C15H22O3/c1-6-14(4)8-7-13(18-14)15(5)12(16)9-11(17-15)10(2)3/h6,11,13H,1-2,7-9H2,3-5H3/t11-,13-,14+,15+/m0/s1. The molecule has 0 N–H and O–H groups in total. The van der Waals surface area contributed by atoms with Crippen molar-refractivity contribution in [2.45, 2.75) is 63.4 Å². The van der Waals surface area contributed by atoms with E-state index in [2.05, 4.69) is 13.2 Å². The van der Waals surface area contributed by atoms with Gasteiger partial charge in [-0.3, -0.25) is 4.79 Å². The second-order valence-electron chi connectivity index (χ2n) is 5.85. The Balaban J connectivity index is 2.16. The van der Waals surface area contributed by atoms with Crippen LogP contribution in [0.1, 0.15) is 40.0 Å². The number of carbonyl (C=O) groups excluding carboxylic acids is 1. The summed E-state index contributed by atoms with van der Waals surface area (Å²) >= 11 is 0. The molecular formula is C15H22O3. The van der Waals surface area contributed by atoms with Gasteiger partial charge in [0.15, 0.2) is 11.4 Å². The molecule has 0 unspecified atom stereocenters. The van der Waals surface area contributed by atoms with Crippen LogP contribution in [0.25, 0.3) is 0 Å². The van der Waals surface area contributed by atoms with Crippen molar-refractivity contribution in [2.24, 2.45) is 0 Å². The number of rotatable bonds is 3. The first kappa shape index (κ1) is 13.5. The van der Waals surface area contributed by atoms with E-state index in [1.165, 1.54) is 0 Å². The molecule has 0 aromatic rings. The van der Waals surface area contributed by atoms with Gasteiger partial charge in [0.25, 0.3) is 0 Å². The Morgan fingerprint density at radius 3 is 2.56 bits per heavy atom. The Bertz CT molecular complexity index is 401. The van der Waals surface area contributed by atoms with Gasteiger partial charge in [-0.05, 0) is 33.6 Å². The predicted octanol–water partition coefficient (Wildman–Crippen LogP) is 2.80. The summed E-state index contributed by atoms with van der Waals surface area (Å²) < 4.78 is 11.9. The number of Topliss-reactive ketones (excluding diaryl/α,β-unsaturated/α-hetero) is 1. The van der Waals surface area contributed by atoms with E-state index in [9.17, 15) is 4.79 Å². The molecule has 0 radical (unpaired) electrons. The average Bonchev–Trinajstić information content (AvgIpc) is 2.84.